The molecule has 9 rings (SSSR count). The van der Waals surface area contributed by atoms with Crippen LogP contribution in [0, 0.1) is 0 Å². The lowest BCUT2D eigenvalue weighted by atomic mass is 9.75. The second-order valence-corrected chi connectivity index (χ2v) is 16.2. The Bertz CT molecular complexity index is 2470. The van der Waals surface area contributed by atoms with Gasteiger partial charge in [0.25, 0.3) is 17.7 Å². The number of carbonyl (C=O) groups is 3. The summed E-state index contributed by atoms with van der Waals surface area (Å²) in [6.45, 7) is 17.1. The van der Waals surface area contributed by atoms with Crippen molar-refractivity contribution in [2.75, 3.05) is 99.9 Å². The van der Waals surface area contributed by atoms with Crippen molar-refractivity contribution in [3.8, 4) is 11.5 Å². The highest BCUT2D eigenvalue weighted by Crippen LogP contribution is 2.57. The van der Waals surface area contributed by atoms with Crippen molar-refractivity contribution < 1.29 is 23.9 Å². The average molecular weight is 822 g/mol. The molecule has 0 saturated carbocycles. The lowest BCUT2D eigenvalue weighted by Gasteiger charge is -2.44. The Balaban J connectivity index is 1.03. The van der Waals surface area contributed by atoms with E-state index in [0.717, 1.165) is 65.0 Å². The molecule has 5 aromatic rings. The van der Waals surface area contributed by atoms with Crippen LogP contribution in [0.4, 0.5) is 17.1 Å². The number of ether oxygens (including phenoxy) is 2. The van der Waals surface area contributed by atoms with Crippen LogP contribution in [0.3, 0.4) is 0 Å². The van der Waals surface area contributed by atoms with E-state index in [1.807, 2.05) is 58.3 Å². The first-order valence-corrected chi connectivity index (χ1v) is 21.9. The zero-order valence-corrected chi connectivity index (χ0v) is 35.7. The van der Waals surface area contributed by atoms with Crippen molar-refractivity contribution in [3.63, 3.8) is 0 Å². The van der Waals surface area contributed by atoms with Gasteiger partial charge in [-0.15, -0.1) is 0 Å². The summed E-state index contributed by atoms with van der Waals surface area (Å²) in [5.74, 6) is 0.719. The quantitative estimate of drug-likeness (QED) is 0.156. The fraction of sp³-hybridized carbons (Fsp3) is 0.367. The molecule has 4 aliphatic heterocycles. The lowest BCUT2D eigenvalue weighted by molar-refractivity contribution is -0.128. The summed E-state index contributed by atoms with van der Waals surface area (Å²) in [6, 6.07) is 32.5. The van der Waals surface area contributed by atoms with Gasteiger partial charge in [-0.1, -0.05) is 42.5 Å². The summed E-state index contributed by atoms with van der Waals surface area (Å²) in [7, 11) is 0. The number of benzene rings is 5. The number of nitrogens with zero attached hydrogens (tertiary/aromatic N) is 6. The smallest absolute Gasteiger partial charge is 0.274 e. The molecule has 1 spiro atoms. The van der Waals surface area contributed by atoms with Crippen LogP contribution in [0.5, 0.6) is 11.5 Å². The maximum atomic E-state index is 14.6. The number of hydrogen-bond acceptors (Lipinski definition) is 9. The highest BCUT2D eigenvalue weighted by atomic mass is 16.5. The Hall–Kier alpha value is -6.11. The zero-order valence-electron chi connectivity index (χ0n) is 35.7. The molecule has 1 unspecified atom stereocenters. The second kappa shape index (κ2) is 16.7. The molecule has 0 aliphatic carbocycles. The monoisotopic (exact) mass is 821 g/mol. The largest absolute Gasteiger partial charge is 0.456 e. The lowest BCUT2D eigenvalue weighted by Crippen LogP contribution is -2.57. The van der Waals surface area contributed by atoms with Gasteiger partial charge in [0.2, 0.25) is 0 Å². The van der Waals surface area contributed by atoms with E-state index in [9.17, 15) is 14.4 Å². The molecule has 3 amide bonds. The van der Waals surface area contributed by atoms with Crippen molar-refractivity contribution in [2.24, 2.45) is 0 Å². The van der Waals surface area contributed by atoms with E-state index in [-0.39, 0.29) is 24.3 Å². The number of hydrazine groups is 1. The molecule has 0 radical (unpaired) electrons. The molecule has 5 aromatic carbocycles. The van der Waals surface area contributed by atoms with Gasteiger partial charge in [0, 0.05) is 122 Å². The molecule has 1 atom stereocenters. The maximum absolute atomic E-state index is 14.6. The van der Waals surface area contributed by atoms with Crippen molar-refractivity contribution in [3.05, 3.63) is 125 Å². The molecule has 12 heteroatoms. The Morgan fingerprint density at radius 2 is 1.30 bits per heavy atom. The average Bonchev–Trinajstić information content (AvgIpc) is 3.53. The minimum absolute atomic E-state index is 0.0334. The van der Waals surface area contributed by atoms with Crippen LogP contribution < -0.4 is 24.9 Å². The molecular formula is C49H55N7O5. The van der Waals surface area contributed by atoms with Crippen molar-refractivity contribution >= 4 is 45.6 Å². The first-order valence-electron chi connectivity index (χ1n) is 21.9. The maximum Gasteiger partial charge on any atom is 0.274 e. The summed E-state index contributed by atoms with van der Waals surface area (Å²) >= 11 is 0. The van der Waals surface area contributed by atoms with E-state index < -0.39 is 5.54 Å². The molecule has 2 fully saturated rings. The van der Waals surface area contributed by atoms with Crippen molar-refractivity contribution in [1.29, 1.82) is 0 Å². The summed E-state index contributed by atoms with van der Waals surface area (Å²) in [4.78, 5) is 53.2. The number of amides is 3. The number of fused-ring (bicyclic) bond motifs is 7. The van der Waals surface area contributed by atoms with Gasteiger partial charge in [-0.3, -0.25) is 24.7 Å². The van der Waals surface area contributed by atoms with Crippen molar-refractivity contribution in [2.45, 2.75) is 33.2 Å². The number of piperazine rings is 1. The van der Waals surface area contributed by atoms with Gasteiger partial charge in [0.1, 0.15) is 17.0 Å². The molecule has 1 N–H and O–H groups in total. The highest BCUT2D eigenvalue weighted by Gasteiger charge is 2.57. The number of nitrogens with one attached hydrogen (secondary N) is 1. The molecule has 0 aromatic heterocycles. The molecule has 2 saturated heterocycles. The summed E-state index contributed by atoms with van der Waals surface area (Å²) in [5.41, 5.74) is 8.60. The third-order valence-electron chi connectivity index (χ3n) is 13.0. The normalized spacial score (nSPS) is 18.4. The topological polar surface area (TPSA) is 101 Å². The van der Waals surface area contributed by atoms with Gasteiger partial charge >= 0.3 is 0 Å². The van der Waals surface area contributed by atoms with E-state index in [1.54, 1.807) is 5.01 Å². The minimum atomic E-state index is -1.20. The van der Waals surface area contributed by atoms with Crippen molar-refractivity contribution in [1.82, 2.24) is 20.2 Å². The Labute approximate surface area is 358 Å². The fourth-order valence-electron chi connectivity index (χ4n) is 9.70. The Kier molecular flexibility index (Phi) is 11.1. The number of carbonyl (C=O) groups excluding carboxylic acids is 3. The summed E-state index contributed by atoms with van der Waals surface area (Å²) in [6.07, 6.45) is 0. The van der Waals surface area contributed by atoms with Crippen LogP contribution >= 0.6 is 0 Å². The number of hydrogen-bond donors (Lipinski definition) is 1. The van der Waals surface area contributed by atoms with Crippen LogP contribution in [-0.4, -0.2) is 118 Å². The van der Waals surface area contributed by atoms with E-state index in [4.69, 9.17) is 9.47 Å². The van der Waals surface area contributed by atoms with E-state index in [0.29, 0.717) is 75.1 Å². The Morgan fingerprint density at radius 3 is 2.02 bits per heavy atom. The number of rotatable bonds is 11. The SMILES string of the molecule is CCN(CC)c1ccc2c(c1)Oc1cc(N3CCN(C(=O)c4ccc5cc(N(CC)CC)ccc5c4)CC3)ccc1C21c2ccccc2C(=O)N1NC(=O)CN1CCOCC1. The third kappa shape index (κ3) is 7.11. The van der Waals surface area contributed by atoms with Gasteiger partial charge in [-0.05, 0) is 80.9 Å². The van der Waals surface area contributed by atoms with Gasteiger partial charge in [-0.2, -0.15) is 0 Å². The summed E-state index contributed by atoms with van der Waals surface area (Å²) < 4.78 is 12.4. The van der Waals surface area contributed by atoms with Crippen LogP contribution in [-0.2, 0) is 15.1 Å². The predicted octanol–water partition coefficient (Wildman–Crippen LogP) is 6.71. The molecule has 4 aliphatic rings. The number of anilines is 3. The van der Waals surface area contributed by atoms with E-state index >= 15 is 0 Å². The molecule has 4 heterocycles. The molecule has 61 heavy (non-hydrogen) atoms. The zero-order chi connectivity index (χ0) is 42.3. The van der Waals surface area contributed by atoms with Crippen LogP contribution in [0.15, 0.2) is 97.1 Å². The molecule has 0 bridgehead atoms. The van der Waals surface area contributed by atoms with Gasteiger partial charge in [-0.25, -0.2) is 5.01 Å². The standard InChI is InChI=1S/C49H55N7O5/c1-5-52(6-2)37-16-15-34-29-36(14-13-35(34)30-37)47(58)55-23-21-54(22-24-55)39-18-20-43-45(32-39)61-44-31-38(53(7-3)8-4)17-19-42(44)49(43)41-12-10-9-11-40(41)48(59)56(49)50-46(57)33-51-25-27-60-28-26-51/h9-20,29-32H,5-8,21-28,33H2,1-4H3,(H,50,57). The van der Waals surface area contributed by atoms with E-state index in [1.165, 1.54) is 5.69 Å². The van der Waals surface area contributed by atoms with Crippen LogP contribution in [0.1, 0.15) is 65.1 Å². The number of morpholine rings is 1. The van der Waals surface area contributed by atoms with Gasteiger partial charge in [0.05, 0.1) is 19.8 Å². The third-order valence-corrected chi connectivity index (χ3v) is 13.0. The Morgan fingerprint density at radius 1 is 0.672 bits per heavy atom. The second-order valence-electron chi connectivity index (χ2n) is 16.2. The summed E-state index contributed by atoms with van der Waals surface area (Å²) in [5, 5.41) is 3.72. The minimum Gasteiger partial charge on any atom is -0.456 e. The fourth-order valence-corrected chi connectivity index (χ4v) is 9.70. The van der Waals surface area contributed by atoms with E-state index in [2.05, 4.69) is 96.4 Å². The molecular weight excluding hydrogens is 767 g/mol. The molecule has 316 valence electrons. The first kappa shape index (κ1) is 40.3. The van der Waals surface area contributed by atoms with Crippen LogP contribution in [0.25, 0.3) is 10.8 Å². The van der Waals surface area contributed by atoms with Gasteiger partial charge in [0.15, 0.2) is 0 Å². The van der Waals surface area contributed by atoms with Crippen LogP contribution in [0.2, 0.25) is 0 Å². The predicted molar refractivity (Wildman–Crippen MR) is 240 cm³/mol. The van der Waals surface area contributed by atoms with Gasteiger partial charge < -0.3 is 29.1 Å². The first-order chi connectivity index (χ1) is 29.8. The highest BCUT2D eigenvalue weighted by molar-refractivity contribution is 6.03. The molecule has 12 nitrogen and oxygen atoms in total.